The number of nitrogens with zero attached hydrogens (tertiary/aromatic N) is 1. The minimum Gasteiger partial charge on any atom is -0.356 e. The van der Waals surface area contributed by atoms with Crippen LogP contribution >= 0.6 is 0 Å². The number of nitrogens with one attached hydrogen (secondary N) is 1. The summed E-state index contributed by atoms with van der Waals surface area (Å²) in [6.07, 6.45) is 7.97. The van der Waals surface area contributed by atoms with Crippen LogP contribution in [-0.2, 0) is 4.79 Å². The molecule has 3 heteroatoms. The predicted molar refractivity (Wildman–Crippen MR) is 72.0 cm³/mol. The Morgan fingerprint density at radius 1 is 1.29 bits per heavy atom. The van der Waals surface area contributed by atoms with Gasteiger partial charge in [0.2, 0.25) is 5.91 Å². The quantitative estimate of drug-likeness (QED) is 0.724. The van der Waals surface area contributed by atoms with Crippen molar-refractivity contribution in [3.63, 3.8) is 0 Å². The lowest BCUT2D eigenvalue weighted by Crippen LogP contribution is -2.43. The molecule has 100 valence electrons. The number of rotatable bonds is 6. The second-order valence-corrected chi connectivity index (χ2v) is 5.46. The highest BCUT2D eigenvalue weighted by molar-refractivity contribution is 5.72. The van der Waals surface area contributed by atoms with Crippen LogP contribution in [0.1, 0.15) is 59.3 Å². The lowest BCUT2D eigenvalue weighted by atomic mass is 9.93. The van der Waals surface area contributed by atoms with E-state index in [0.29, 0.717) is 6.04 Å². The summed E-state index contributed by atoms with van der Waals surface area (Å²) < 4.78 is 0. The van der Waals surface area contributed by atoms with Gasteiger partial charge in [0.1, 0.15) is 0 Å². The number of hydrogen-bond donors (Lipinski definition) is 1. The average Bonchev–Trinajstić information content (AvgIpc) is 2.29. The van der Waals surface area contributed by atoms with Gasteiger partial charge in [-0.25, -0.2) is 0 Å². The normalized spacial score (nSPS) is 17.7. The Balaban J connectivity index is 2.29. The molecule has 1 N–H and O–H groups in total. The summed E-state index contributed by atoms with van der Waals surface area (Å²) in [4.78, 5) is 13.4. The molecule has 17 heavy (non-hydrogen) atoms. The Labute approximate surface area is 106 Å². The van der Waals surface area contributed by atoms with E-state index >= 15 is 0 Å². The van der Waals surface area contributed by atoms with E-state index in [1.54, 1.807) is 6.92 Å². The molecular formula is C14H28N2O. The lowest BCUT2D eigenvalue weighted by molar-refractivity contribution is -0.118. The molecule has 0 unspecified atom stereocenters. The zero-order valence-corrected chi connectivity index (χ0v) is 11.7. The van der Waals surface area contributed by atoms with Gasteiger partial charge in [-0.1, -0.05) is 19.3 Å². The van der Waals surface area contributed by atoms with Crippen LogP contribution in [0.5, 0.6) is 0 Å². The molecule has 0 aromatic rings. The summed E-state index contributed by atoms with van der Waals surface area (Å²) >= 11 is 0. The van der Waals surface area contributed by atoms with E-state index < -0.39 is 0 Å². The molecule has 0 atom stereocenters. The highest BCUT2D eigenvalue weighted by Crippen LogP contribution is 2.24. The van der Waals surface area contributed by atoms with Gasteiger partial charge in [0, 0.05) is 32.1 Å². The smallest absolute Gasteiger partial charge is 0.216 e. The first kappa shape index (κ1) is 14.5. The molecule has 0 aliphatic heterocycles. The Kier molecular flexibility index (Phi) is 6.56. The highest BCUT2D eigenvalue weighted by Gasteiger charge is 2.22. The van der Waals surface area contributed by atoms with Crippen LogP contribution in [-0.4, -0.2) is 36.0 Å². The molecule has 0 spiro atoms. The van der Waals surface area contributed by atoms with Crippen LogP contribution in [0.4, 0.5) is 0 Å². The summed E-state index contributed by atoms with van der Waals surface area (Å²) in [5.41, 5.74) is 0. The molecule has 0 aromatic carbocycles. The number of amides is 1. The lowest BCUT2D eigenvalue weighted by Gasteiger charge is -2.37. The zero-order valence-electron chi connectivity index (χ0n) is 11.7. The summed E-state index contributed by atoms with van der Waals surface area (Å²) in [7, 11) is 0. The molecule has 1 rings (SSSR count). The minimum absolute atomic E-state index is 0.0822. The highest BCUT2D eigenvalue weighted by atomic mass is 16.1. The van der Waals surface area contributed by atoms with E-state index in [1.165, 1.54) is 32.1 Å². The Morgan fingerprint density at radius 2 is 1.94 bits per heavy atom. The number of hydrogen-bond acceptors (Lipinski definition) is 2. The van der Waals surface area contributed by atoms with E-state index in [4.69, 9.17) is 0 Å². The van der Waals surface area contributed by atoms with Crippen molar-refractivity contribution in [2.24, 2.45) is 0 Å². The Morgan fingerprint density at radius 3 is 2.47 bits per heavy atom. The maximum absolute atomic E-state index is 10.8. The third-order valence-electron chi connectivity index (χ3n) is 3.67. The van der Waals surface area contributed by atoms with Crippen molar-refractivity contribution in [1.29, 1.82) is 0 Å². The molecule has 1 aliphatic rings. The first-order valence-corrected chi connectivity index (χ1v) is 7.11. The van der Waals surface area contributed by atoms with Gasteiger partial charge in [-0.2, -0.15) is 0 Å². The van der Waals surface area contributed by atoms with E-state index in [-0.39, 0.29) is 5.91 Å². The molecule has 1 fully saturated rings. The molecular weight excluding hydrogens is 212 g/mol. The summed E-state index contributed by atoms with van der Waals surface area (Å²) in [6.45, 7) is 8.08. The van der Waals surface area contributed by atoms with Crippen molar-refractivity contribution in [3.05, 3.63) is 0 Å². The Bertz CT molecular complexity index is 222. The monoisotopic (exact) mass is 240 g/mol. The fourth-order valence-corrected chi connectivity index (χ4v) is 2.80. The van der Waals surface area contributed by atoms with Gasteiger partial charge in [0.25, 0.3) is 0 Å². The van der Waals surface area contributed by atoms with Crippen LogP contribution in [0.25, 0.3) is 0 Å². The topological polar surface area (TPSA) is 32.3 Å². The minimum atomic E-state index is 0.0822. The SMILES string of the molecule is CC(=O)NCCCN(C(C)C)C1CCCCC1. The van der Waals surface area contributed by atoms with Crippen molar-refractivity contribution in [2.45, 2.75) is 71.4 Å². The maximum atomic E-state index is 10.8. The standard InChI is InChI=1S/C14H28N2O/c1-12(2)16(11-7-10-15-13(3)17)14-8-5-4-6-9-14/h12,14H,4-11H2,1-3H3,(H,15,17). The average molecular weight is 240 g/mol. The van der Waals surface area contributed by atoms with Crippen molar-refractivity contribution in [2.75, 3.05) is 13.1 Å². The Hall–Kier alpha value is -0.570. The molecule has 1 aliphatic carbocycles. The van der Waals surface area contributed by atoms with Gasteiger partial charge in [0.15, 0.2) is 0 Å². The first-order valence-electron chi connectivity index (χ1n) is 7.11. The molecule has 0 aromatic heterocycles. The molecule has 0 heterocycles. The van der Waals surface area contributed by atoms with Crippen molar-refractivity contribution < 1.29 is 4.79 Å². The first-order chi connectivity index (χ1) is 8.11. The van der Waals surface area contributed by atoms with Crippen LogP contribution in [0.15, 0.2) is 0 Å². The van der Waals surface area contributed by atoms with Crippen LogP contribution in [0.3, 0.4) is 0 Å². The molecule has 1 amide bonds. The second kappa shape index (κ2) is 7.70. The van der Waals surface area contributed by atoms with Crippen LogP contribution < -0.4 is 5.32 Å². The predicted octanol–water partition coefficient (Wildman–Crippen LogP) is 2.56. The summed E-state index contributed by atoms with van der Waals surface area (Å²) in [5.74, 6) is 0.0822. The van der Waals surface area contributed by atoms with E-state index in [1.807, 2.05) is 0 Å². The largest absolute Gasteiger partial charge is 0.356 e. The molecule has 3 nitrogen and oxygen atoms in total. The third-order valence-corrected chi connectivity index (χ3v) is 3.67. The van der Waals surface area contributed by atoms with Crippen molar-refractivity contribution in [3.8, 4) is 0 Å². The molecule has 1 saturated carbocycles. The third kappa shape index (κ3) is 5.53. The molecule has 0 radical (unpaired) electrons. The second-order valence-electron chi connectivity index (χ2n) is 5.46. The number of carbonyl (C=O) groups is 1. The summed E-state index contributed by atoms with van der Waals surface area (Å²) in [5, 5.41) is 2.88. The van der Waals surface area contributed by atoms with E-state index in [0.717, 1.165) is 25.6 Å². The van der Waals surface area contributed by atoms with Crippen molar-refractivity contribution in [1.82, 2.24) is 10.2 Å². The zero-order chi connectivity index (χ0) is 12.7. The van der Waals surface area contributed by atoms with E-state index in [9.17, 15) is 4.79 Å². The maximum Gasteiger partial charge on any atom is 0.216 e. The van der Waals surface area contributed by atoms with Gasteiger partial charge in [0.05, 0.1) is 0 Å². The summed E-state index contributed by atoms with van der Waals surface area (Å²) in [6, 6.07) is 1.40. The van der Waals surface area contributed by atoms with Gasteiger partial charge >= 0.3 is 0 Å². The number of carbonyl (C=O) groups excluding carboxylic acids is 1. The molecule has 0 saturated heterocycles. The van der Waals surface area contributed by atoms with Gasteiger partial charge in [-0.3, -0.25) is 9.69 Å². The van der Waals surface area contributed by atoms with Gasteiger partial charge in [-0.15, -0.1) is 0 Å². The fourth-order valence-electron chi connectivity index (χ4n) is 2.80. The van der Waals surface area contributed by atoms with Gasteiger partial charge < -0.3 is 5.32 Å². The fraction of sp³-hybridized carbons (Fsp3) is 0.929. The van der Waals surface area contributed by atoms with E-state index in [2.05, 4.69) is 24.1 Å². The molecule has 0 bridgehead atoms. The van der Waals surface area contributed by atoms with Crippen LogP contribution in [0.2, 0.25) is 0 Å². The van der Waals surface area contributed by atoms with Gasteiger partial charge in [-0.05, 0) is 33.1 Å². The van der Waals surface area contributed by atoms with Crippen molar-refractivity contribution >= 4 is 5.91 Å². The van der Waals surface area contributed by atoms with Crippen LogP contribution in [0, 0.1) is 0 Å².